The molecular weight excluding hydrogens is 268 g/mol. The first-order valence-electron chi connectivity index (χ1n) is 6.20. The summed E-state index contributed by atoms with van der Waals surface area (Å²) in [7, 11) is 0. The van der Waals surface area contributed by atoms with Crippen LogP contribution in [0.5, 0.6) is 0 Å². The van der Waals surface area contributed by atoms with E-state index in [-0.39, 0.29) is 6.61 Å². The molecule has 2 rings (SSSR count). The highest BCUT2D eigenvalue weighted by Gasteiger charge is 2.07. The summed E-state index contributed by atoms with van der Waals surface area (Å²) in [5.41, 5.74) is 0.951. The van der Waals surface area contributed by atoms with Gasteiger partial charge in [-0.2, -0.15) is 4.98 Å². The summed E-state index contributed by atoms with van der Waals surface area (Å²) in [6.45, 7) is -0.00932. The highest BCUT2D eigenvalue weighted by molar-refractivity contribution is 5.42. The van der Waals surface area contributed by atoms with Crippen LogP contribution in [0.15, 0.2) is 34.9 Å². The van der Waals surface area contributed by atoms with Gasteiger partial charge >= 0.3 is 0 Å². The maximum Gasteiger partial charge on any atom is 0.261 e. The zero-order valence-electron chi connectivity index (χ0n) is 10.8. The second-order valence-corrected chi connectivity index (χ2v) is 4.04. The Morgan fingerprint density at radius 2 is 2.05 bits per heavy atom. The van der Waals surface area contributed by atoms with Crippen LogP contribution < -0.4 is 5.32 Å². The molecule has 0 aliphatic rings. The highest BCUT2D eigenvalue weighted by Crippen LogP contribution is 2.07. The first-order chi connectivity index (χ1) is 9.74. The molecule has 7 heteroatoms. The molecule has 0 aliphatic carbocycles. The molecule has 1 N–H and O–H groups in total. The van der Waals surface area contributed by atoms with E-state index in [1.54, 1.807) is 0 Å². The third-order valence-corrected chi connectivity index (χ3v) is 2.44. The molecule has 0 atom stereocenters. The van der Waals surface area contributed by atoms with Crippen molar-refractivity contribution in [3.05, 3.63) is 42.0 Å². The van der Waals surface area contributed by atoms with E-state index in [1.807, 2.05) is 30.3 Å². The number of hydrogen-bond donors (Lipinski definition) is 1. The first-order valence-corrected chi connectivity index (χ1v) is 6.20. The Kier molecular flexibility index (Phi) is 5.43. The molecule has 0 saturated carbocycles. The van der Waals surface area contributed by atoms with E-state index >= 15 is 0 Å². The SMILES string of the molecule is FC(F)COCCc1noc(CNc2ccccc2)n1. The third-order valence-electron chi connectivity index (χ3n) is 2.44. The maximum atomic E-state index is 11.8. The standard InChI is InChI=1S/C13H15F2N3O2/c14-11(15)9-19-7-6-12-17-13(20-18-12)8-16-10-4-2-1-3-5-10/h1-5,11,16H,6-9H2. The molecular formula is C13H15F2N3O2. The number of halogens is 2. The Hall–Kier alpha value is -2.02. The molecule has 0 bridgehead atoms. The Bertz CT molecular complexity index is 505. The van der Waals surface area contributed by atoms with Gasteiger partial charge in [0.05, 0.1) is 13.2 Å². The van der Waals surface area contributed by atoms with Crippen molar-refractivity contribution >= 4 is 5.69 Å². The summed E-state index contributed by atoms with van der Waals surface area (Å²) in [6.07, 6.45) is -2.10. The largest absolute Gasteiger partial charge is 0.376 e. The van der Waals surface area contributed by atoms with Crippen LogP contribution in [0, 0.1) is 0 Å². The molecule has 20 heavy (non-hydrogen) atoms. The summed E-state index contributed by atoms with van der Waals surface area (Å²) in [4.78, 5) is 4.13. The van der Waals surface area contributed by atoms with Gasteiger partial charge in [0.1, 0.15) is 6.61 Å². The van der Waals surface area contributed by atoms with Gasteiger partial charge in [-0.25, -0.2) is 8.78 Å². The first kappa shape index (κ1) is 14.4. The average molecular weight is 283 g/mol. The lowest BCUT2D eigenvalue weighted by molar-refractivity contribution is 0.0182. The van der Waals surface area contributed by atoms with Crippen LogP contribution in [-0.2, 0) is 17.7 Å². The average Bonchev–Trinajstić information content (AvgIpc) is 2.90. The van der Waals surface area contributed by atoms with E-state index in [9.17, 15) is 8.78 Å². The molecule has 1 aromatic heterocycles. The third kappa shape index (κ3) is 4.93. The molecule has 1 heterocycles. The van der Waals surface area contributed by atoms with Crippen molar-refractivity contribution < 1.29 is 18.0 Å². The minimum absolute atomic E-state index is 0.148. The summed E-state index contributed by atoms with van der Waals surface area (Å²) < 4.78 is 33.5. The minimum Gasteiger partial charge on any atom is -0.376 e. The van der Waals surface area contributed by atoms with Gasteiger partial charge in [-0.05, 0) is 12.1 Å². The van der Waals surface area contributed by atoms with Gasteiger partial charge in [0, 0.05) is 12.1 Å². The number of rotatable bonds is 8. The number of alkyl halides is 2. The molecule has 0 saturated heterocycles. The van der Waals surface area contributed by atoms with Gasteiger partial charge in [0.2, 0.25) is 5.89 Å². The van der Waals surface area contributed by atoms with E-state index in [0.717, 1.165) is 5.69 Å². The number of hydrogen-bond acceptors (Lipinski definition) is 5. The number of aromatic nitrogens is 2. The van der Waals surface area contributed by atoms with Gasteiger partial charge in [-0.3, -0.25) is 0 Å². The van der Waals surface area contributed by atoms with Crippen LogP contribution in [0.1, 0.15) is 11.7 Å². The van der Waals surface area contributed by atoms with Crippen LogP contribution >= 0.6 is 0 Å². The predicted octanol–water partition coefficient (Wildman–Crippen LogP) is 2.51. The van der Waals surface area contributed by atoms with Crippen molar-refractivity contribution in [2.24, 2.45) is 0 Å². The molecule has 108 valence electrons. The van der Waals surface area contributed by atoms with Crippen LogP contribution in [0.25, 0.3) is 0 Å². The van der Waals surface area contributed by atoms with Crippen LogP contribution in [0.4, 0.5) is 14.5 Å². The van der Waals surface area contributed by atoms with E-state index in [0.29, 0.717) is 24.7 Å². The van der Waals surface area contributed by atoms with Crippen molar-refractivity contribution in [1.82, 2.24) is 10.1 Å². The fourth-order valence-electron chi connectivity index (χ4n) is 1.53. The fourth-order valence-corrected chi connectivity index (χ4v) is 1.53. The van der Waals surface area contributed by atoms with Gasteiger partial charge in [-0.1, -0.05) is 23.4 Å². The van der Waals surface area contributed by atoms with Crippen molar-refractivity contribution in [3.8, 4) is 0 Å². The Labute approximate surface area is 114 Å². The number of nitrogens with one attached hydrogen (secondary N) is 1. The van der Waals surface area contributed by atoms with E-state index in [2.05, 4.69) is 15.5 Å². The lowest BCUT2D eigenvalue weighted by Crippen LogP contribution is -2.07. The normalized spacial score (nSPS) is 10.9. The van der Waals surface area contributed by atoms with Crippen molar-refractivity contribution in [2.45, 2.75) is 19.4 Å². The van der Waals surface area contributed by atoms with E-state index < -0.39 is 13.0 Å². The number of para-hydroxylation sites is 1. The van der Waals surface area contributed by atoms with Gasteiger partial charge in [0.25, 0.3) is 6.43 Å². The number of nitrogens with zero attached hydrogens (tertiary/aromatic N) is 2. The second-order valence-electron chi connectivity index (χ2n) is 4.04. The number of ether oxygens (including phenoxy) is 1. The number of benzene rings is 1. The van der Waals surface area contributed by atoms with Crippen molar-refractivity contribution in [1.29, 1.82) is 0 Å². The fraction of sp³-hybridized carbons (Fsp3) is 0.385. The van der Waals surface area contributed by atoms with Gasteiger partial charge < -0.3 is 14.6 Å². The molecule has 0 unspecified atom stereocenters. The Balaban J connectivity index is 1.72. The van der Waals surface area contributed by atoms with E-state index in [1.165, 1.54) is 0 Å². The Morgan fingerprint density at radius 1 is 1.25 bits per heavy atom. The highest BCUT2D eigenvalue weighted by atomic mass is 19.3. The molecule has 0 aliphatic heterocycles. The monoisotopic (exact) mass is 283 g/mol. The van der Waals surface area contributed by atoms with Crippen molar-refractivity contribution in [3.63, 3.8) is 0 Å². The second kappa shape index (κ2) is 7.54. The molecule has 0 spiro atoms. The van der Waals surface area contributed by atoms with E-state index in [4.69, 9.17) is 9.26 Å². The molecule has 0 radical (unpaired) electrons. The molecule has 1 aromatic carbocycles. The number of anilines is 1. The summed E-state index contributed by atoms with van der Waals surface area (Å²) in [6, 6.07) is 9.62. The Morgan fingerprint density at radius 3 is 2.80 bits per heavy atom. The quantitative estimate of drug-likeness (QED) is 0.754. The van der Waals surface area contributed by atoms with Crippen LogP contribution in [0.2, 0.25) is 0 Å². The maximum absolute atomic E-state index is 11.8. The van der Waals surface area contributed by atoms with Crippen LogP contribution in [0.3, 0.4) is 0 Å². The molecule has 0 fully saturated rings. The minimum atomic E-state index is -2.45. The van der Waals surface area contributed by atoms with Crippen LogP contribution in [-0.4, -0.2) is 29.8 Å². The lowest BCUT2D eigenvalue weighted by atomic mass is 10.3. The topological polar surface area (TPSA) is 60.2 Å². The van der Waals surface area contributed by atoms with Crippen molar-refractivity contribution in [2.75, 3.05) is 18.5 Å². The predicted molar refractivity (Wildman–Crippen MR) is 68.6 cm³/mol. The van der Waals surface area contributed by atoms with Gasteiger partial charge in [0.15, 0.2) is 5.82 Å². The zero-order valence-corrected chi connectivity index (χ0v) is 10.8. The smallest absolute Gasteiger partial charge is 0.261 e. The summed E-state index contributed by atoms with van der Waals surface area (Å²) in [5, 5.41) is 6.88. The zero-order chi connectivity index (χ0) is 14.2. The molecule has 0 amide bonds. The summed E-state index contributed by atoms with van der Waals surface area (Å²) >= 11 is 0. The summed E-state index contributed by atoms with van der Waals surface area (Å²) in [5.74, 6) is 0.891. The van der Waals surface area contributed by atoms with Gasteiger partial charge in [-0.15, -0.1) is 0 Å². The molecule has 5 nitrogen and oxygen atoms in total. The molecule has 2 aromatic rings. The lowest BCUT2D eigenvalue weighted by Gasteiger charge is -2.01.